The second-order valence-corrected chi connectivity index (χ2v) is 12.9. The third-order valence-electron chi connectivity index (χ3n) is 10.0. The summed E-state index contributed by atoms with van der Waals surface area (Å²) in [6, 6.07) is 55.8. The van der Waals surface area contributed by atoms with Crippen LogP contribution in [0.2, 0.25) is 0 Å². The van der Waals surface area contributed by atoms with Crippen LogP contribution >= 0.6 is 0 Å². The Morgan fingerprint density at radius 3 is 1.36 bits per heavy atom. The van der Waals surface area contributed by atoms with Gasteiger partial charge in [-0.3, -0.25) is 4.57 Å². The van der Waals surface area contributed by atoms with E-state index in [-0.39, 0.29) is 0 Å². The van der Waals surface area contributed by atoms with Crippen LogP contribution in [0, 0.1) is 13.1 Å². The lowest BCUT2D eigenvalue weighted by atomic mass is 10.1. The molecule has 7 nitrogen and oxygen atoms in total. The van der Waals surface area contributed by atoms with E-state index in [9.17, 15) is 0 Å². The van der Waals surface area contributed by atoms with Crippen molar-refractivity contribution >= 4 is 55.0 Å². The number of benzene rings is 7. The summed E-state index contributed by atoms with van der Waals surface area (Å²) >= 11 is 0. The Hall–Kier alpha value is -7.74. The fraction of sp³-hybridized carbons (Fsp3) is 0. The Kier molecular flexibility index (Phi) is 6.79. The summed E-state index contributed by atoms with van der Waals surface area (Å²) in [5.74, 6) is 1.31. The average Bonchev–Trinajstić information content (AvgIpc) is 3.91. The fourth-order valence-electron chi connectivity index (χ4n) is 7.62. The molecule has 7 aromatic carbocycles. The van der Waals surface area contributed by atoms with Crippen molar-refractivity contribution < 1.29 is 0 Å². The first-order chi connectivity index (χ1) is 26.2. The predicted molar refractivity (Wildman–Crippen MR) is 213 cm³/mol. The topological polar surface area (TPSA) is 49.3 Å². The van der Waals surface area contributed by atoms with E-state index in [1.54, 1.807) is 12.1 Å². The van der Waals surface area contributed by atoms with Crippen molar-refractivity contribution in [3.63, 3.8) is 0 Å². The Bertz CT molecular complexity index is 3070. The van der Waals surface area contributed by atoms with Crippen LogP contribution < -0.4 is 0 Å². The van der Waals surface area contributed by atoms with Crippen LogP contribution in [0.5, 0.6) is 0 Å². The van der Waals surface area contributed by atoms with Crippen LogP contribution in [0.25, 0.3) is 93.1 Å². The van der Waals surface area contributed by atoms with Crippen molar-refractivity contribution in [1.29, 1.82) is 0 Å². The maximum Gasteiger partial charge on any atom is 0.187 e. The Morgan fingerprint density at radius 1 is 0.358 bits per heavy atom. The van der Waals surface area contributed by atoms with Crippen LogP contribution in [-0.2, 0) is 0 Å². The molecule has 0 aliphatic rings. The summed E-state index contributed by atoms with van der Waals surface area (Å²) in [5, 5.41) is 14.2. The summed E-state index contributed by atoms with van der Waals surface area (Å²) in [7, 11) is 0. The van der Waals surface area contributed by atoms with Gasteiger partial charge in [0.15, 0.2) is 23.0 Å². The molecule has 0 saturated heterocycles. The number of rotatable bonds is 5. The first-order valence-electron chi connectivity index (χ1n) is 17.2. The minimum atomic E-state index is 0.556. The van der Waals surface area contributed by atoms with Gasteiger partial charge in [0.2, 0.25) is 0 Å². The molecule has 0 aliphatic heterocycles. The monoisotopic (exact) mass is 677 g/mol. The van der Waals surface area contributed by atoms with Crippen LogP contribution in [0.3, 0.4) is 0 Å². The van der Waals surface area contributed by atoms with Gasteiger partial charge in [0.1, 0.15) is 0 Å². The number of hydrogen-bond acceptors (Lipinski definition) is 2. The average molecular weight is 678 g/mol. The van der Waals surface area contributed by atoms with E-state index in [2.05, 4.69) is 134 Å². The zero-order valence-electron chi connectivity index (χ0n) is 28.2. The highest BCUT2D eigenvalue weighted by atomic mass is 15.3. The number of para-hydroxylation sites is 3. The molecule has 0 amide bonds. The van der Waals surface area contributed by atoms with Crippen molar-refractivity contribution in [2.45, 2.75) is 0 Å². The SMILES string of the molecule is [C-]#[N+]c1ccc(-c2nnc(-c3ccc4c5ccccc5n(-c5cccc(-n6c7ccccc7c7ccccc76)c5)c4c3)n2-c2ccc([N+]#[C-])cc2)cc1. The molecule has 10 aromatic rings. The van der Waals surface area contributed by atoms with Gasteiger partial charge in [-0.2, -0.15) is 0 Å². The lowest BCUT2D eigenvalue weighted by Gasteiger charge is -2.14. The van der Waals surface area contributed by atoms with E-state index in [0.717, 1.165) is 50.0 Å². The zero-order valence-corrected chi connectivity index (χ0v) is 28.2. The molecule has 0 saturated carbocycles. The van der Waals surface area contributed by atoms with Crippen LogP contribution in [0.1, 0.15) is 0 Å². The highest BCUT2D eigenvalue weighted by Crippen LogP contribution is 2.38. The second kappa shape index (κ2) is 11.9. The molecule has 3 aromatic heterocycles. The molecule has 53 heavy (non-hydrogen) atoms. The van der Waals surface area contributed by atoms with Crippen LogP contribution in [0.15, 0.2) is 164 Å². The normalized spacial score (nSPS) is 11.4. The lowest BCUT2D eigenvalue weighted by molar-refractivity contribution is 1.07. The molecule has 0 radical (unpaired) electrons. The summed E-state index contributed by atoms with van der Waals surface area (Å²) in [4.78, 5) is 7.16. The van der Waals surface area contributed by atoms with Crippen molar-refractivity contribution in [1.82, 2.24) is 23.9 Å². The molecule has 10 rings (SSSR count). The number of aromatic nitrogens is 5. The van der Waals surface area contributed by atoms with Gasteiger partial charge < -0.3 is 9.13 Å². The summed E-state index contributed by atoms with van der Waals surface area (Å²) in [6.07, 6.45) is 0. The third kappa shape index (κ3) is 4.73. The fourth-order valence-corrected chi connectivity index (χ4v) is 7.62. The minimum absolute atomic E-state index is 0.556. The van der Waals surface area contributed by atoms with E-state index in [4.69, 9.17) is 23.3 Å². The van der Waals surface area contributed by atoms with Crippen molar-refractivity contribution in [3.8, 4) is 39.8 Å². The molecule has 0 spiro atoms. The Balaban J connectivity index is 1.19. The second-order valence-electron chi connectivity index (χ2n) is 12.9. The van der Waals surface area contributed by atoms with Crippen molar-refractivity contribution in [2.75, 3.05) is 0 Å². The summed E-state index contributed by atoms with van der Waals surface area (Å²) < 4.78 is 6.71. The van der Waals surface area contributed by atoms with Gasteiger partial charge in [-0.25, -0.2) is 9.69 Å². The van der Waals surface area contributed by atoms with Gasteiger partial charge in [-0.1, -0.05) is 109 Å². The first-order valence-corrected chi connectivity index (χ1v) is 17.2. The molecule has 3 heterocycles. The minimum Gasteiger partial charge on any atom is -0.309 e. The maximum atomic E-state index is 7.48. The highest BCUT2D eigenvalue weighted by molar-refractivity contribution is 6.11. The molecule has 0 fully saturated rings. The van der Waals surface area contributed by atoms with E-state index in [0.29, 0.717) is 23.0 Å². The van der Waals surface area contributed by atoms with Crippen LogP contribution in [-0.4, -0.2) is 23.9 Å². The van der Waals surface area contributed by atoms with Crippen molar-refractivity contribution in [3.05, 3.63) is 187 Å². The van der Waals surface area contributed by atoms with Gasteiger partial charge in [0.25, 0.3) is 0 Å². The summed E-state index contributed by atoms with van der Waals surface area (Å²) in [5.41, 5.74) is 10.3. The first kappa shape index (κ1) is 30.1. The number of nitrogens with zero attached hydrogens (tertiary/aromatic N) is 7. The molecular formula is C46H27N7. The maximum absolute atomic E-state index is 7.48. The van der Waals surface area contributed by atoms with Gasteiger partial charge >= 0.3 is 0 Å². The van der Waals surface area contributed by atoms with E-state index in [1.165, 1.54) is 21.8 Å². The highest BCUT2D eigenvalue weighted by Gasteiger charge is 2.20. The van der Waals surface area contributed by atoms with E-state index >= 15 is 0 Å². The molecule has 0 atom stereocenters. The number of fused-ring (bicyclic) bond motifs is 6. The Labute approximate surface area is 304 Å². The largest absolute Gasteiger partial charge is 0.309 e. The molecule has 246 valence electrons. The van der Waals surface area contributed by atoms with Crippen LogP contribution in [0.4, 0.5) is 11.4 Å². The standard InChI is InChI=1S/C46H27N7/c1-47-32-21-18-30(19-22-32)45-49-50-46(53(45)34-25-23-33(48-2)24-26-34)31-20-27-40-39-14-5-8-17-43(39)52(44(40)28-31)36-11-9-10-35(29-36)51-41-15-6-3-12-37(41)38-13-4-7-16-42(38)51/h3-29H. The lowest BCUT2D eigenvalue weighted by Crippen LogP contribution is -2.01. The molecule has 0 N–H and O–H groups in total. The molecule has 7 heteroatoms. The molecular weight excluding hydrogens is 651 g/mol. The third-order valence-corrected chi connectivity index (χ3v) is 10.0. The van der Waals surface area contributed by atoms with Gasteiger partial charge in [0, 0.05) is 49.7 Å². The van der Waals surface area contributed by atoms with Gasteiger partial charge in [0.05, 0.1) is 35.2 Å². The quantitative estimate of drug-likeness (QED) is 0.170. The zero-order chi connectivity index (χ0) is 35.5. The smallest absolute Gasteiger partial charge is 0.187 e. The van der Waals surface area contributed by atoms with Gasteiger partial charge in [-0.15, -0.1) is 10.2 Å². The summed E-state index contributed by atoms with van der Waals surface area (Å²) in [6.45, 7) is 14.9. The molecule has 0 aliphatic carbocycles. The predicted octanol–water partition coefficient (Wildman–Crippen LogP) is 11.9. The number of hydrogen-bond donors (Lipinski definition) is 0. The van der Waals surface area contributed by atoms with E-state index < -0.39 is 0 Å². The Morgan fingerprint density at radius 2 is 0.811 bits per heavy atom. The molecule has 0 unspecified atom stereocenters. The van der Waals surface area contributed by atoms with E-state index in [1.807, 2.05) is 41.0 Å². The van der Waals surface area contributed by atoms with Gasteiger partial charge in [-0.05, 0) is 54.6 Å². The van der Waals surface area contributed by atoms with Crippen molar-refractivity contribution in [2.24, 2.45) is 0 Å². The molecule has 0 bridgehead atoms.